The molecule has 26 heavy (non-hydrogen) atoms. The Labute approximate surface area is 156 Å². The second kappa shape index (κ2) is 8.19. The van der Waals surface area contributed by atoms with Crippen molar-refractivity contribution in [3.05, 3.63) is 58.4 Å². The number of amides is 2. The lowest BCUT2D eigenvalue weighted by Gasteiger charge is -2.19. The minimum absolute atomic E-state index is 0.158. The van der Waals surface area contributed by atoms with E-state index in [9.17, 15) is 9.59 Å². The molecule has 0 aliphatic rings. The van der Waals surface area contributed by atoms with Gasteiger partial charge in [-0.15, -0.1) is 11.3 Å². The Hall–Kier alpha value is -2.60. The number of benzene rings is 1. The van der Waals surface area contributed by atoms with Crippen LogP contribution >= 0.6 is 11.3 Å². The van der Waals surface area contributed by atoms with E-state index in [1.807, 2.05) is 55.8 Å². The molecule has 0 aliphatic carbocycles. The Bertz CT molecular complexity index is 883. The monoisotopic (exact) mass is 369 g/mol. The first-order valence-electron chi connectivity index (χ1n) is 8.71. The van der Waals surface area contributed by atoms with Crippen molar-refractivity contribution in [3.63, 3.8) is 0 Å². The van der Waals surface area contributed by atoms with Crippen molar-refractivity contribution in [2.45, 2.75) is 26.3 Å². The third-order valence-electron chi connectivity index (χ3n) is 4.15. The van der Waals surface area contributed by atoms with E-state index in [2.05, 4.69) is 15.6 Å². The average molecular weight is 369 g/mol. The molecular weight excluding hydrogens is 346 g/mol. The van der Waals surface area contributed by atoms with E-state index in [0.717, 1.165) is 16.5 Å². The fourth-order valence-electron chi connectivity index (χ4n) is 2.79. The number of para-hydroxylation sites is 1. The maximum Gasteiger partial charge on any atom is 0.262 e. The molecule has 5 nitrogen and oxygen atoms in total. The van der Waals surface area contributed by atoms with Crippen LogP contribution in [0.15, 0.2) is 48.0 Å². The predicted molar refractivity (Wildman–Crippen MR) is 105 cm³/mol. The number of carbonyl (C=O) groups excluding carboxylic acids is 2. The first-order valence-corrected chi connectivity index (χ1v) is 9.59. The molecular formula is C20H23N3O2S. The maximum absolute atomic E-state index is 12.7. The molecule has 2 amide bonds. The summed E-state index contributed by atoms with van der Waals surface area (Å²) >= 11 is 1.36. The number of aromatic amines is 1. The maximum atomic E-state index is 12.7. The molecule has 2 heterocycles. The molecule has 0 bridgehead atoms. The van der Waals surface area contributed by atoms with Crippen LogP contribution < -0.4 is 10.6 Å². The van der Waals surface area contributed by atoms with Gasteiger partial charge in [-0.1, -0.05) is 38.1 Å². The molecule has 3 rings (SSSR count). The molecule has 2 aromatic heterocycles. The van der Waals surface area contributed by atoms with Crippen molar-refractivity contribution in [1.82, 2.24) is 15.6 Å². The zero-order chi connectivity index (χ0) is 18.5. The number of fused-ring (bicyclic) bond motifs is 1. The molecule has 136 valence electrons. The number of nitrogens with one attached hydrogen (secondary N) is 3. The van der Waals surface area contributed by atoms with Crippen LogP contribution in [0.3, 0.4) is 0 Å². The SMILES string of the molecule is CC(C)CNC(=O)[C@@H](Cc1c[nH]c2ccccc12)NC(=O)c1cccs1. The summed E-state index contributed by atoms with van der Waals surface area (Å²) in [7, 11) is 0. The van der Waals surface area contributed by atoms with E-state index in [4.69, 9.17) is 0 Å². The second-order valence-electron chi connectivity index (χ2n) is 6.71. The molecule has 0 fully saturated rings. The van der Waals surface area contributed by atoms with Gasteiger partial charge in [0.1, 0.15) is 6.04 Å². The molecule has 0 saturated heterocycles. The normalized spacial score (nSPS) is 12.3. The zero-order valence-corrected chi connectivity index (χ0v) is 15.7. The molecule has 0 radical (unpaired) electrons. The molecule has 1 atom stereocenters. The van der Waals surface area contributed by atoms with Crippen molar-refractivity contribution in [3.8, 4) is 0 Å². The number of carbonyl (C=O) groups is 2. The largest absolute Gasteiger partial charge is 0.361 e. The summed E-state index contributed by atoms with van der Waals surface area (Å²) < 4.78 is 0. The molecule has 0 saturated carbocycles. The lowest BCUT2D eigenvalue weighted by Crippen LogP contribution is -2.48. The van der Waals surface area contributed by atoms with Gasteiger partial charge in [0.2, 0.25) is 5.91 Å². The highest BCUT2D eigenvalue weighted by Crippen LogP contribution is 2.19. The van der Waals surface area contributed by atoms with Crippen molar-refractivity contribution in [2.75, 3.05) is 6.54 Å². The fraction of sp³-hybridized carbons (Fsp3) is 0.300. The first-order chi connectivity index (χ1) is 12.5. The summed E-state index contributed by atoms with van der Waals surface area (Å²) in [6.07, 6.45) is 2.34. The van der Waals surface area contributed by atoms with E-state index < -0.39 is 6.04 Å². The lowest BCUT2D eigenvalue weighted by atomic mass is 10.0. The van der Waals surface area contributed by atoms with Crippen molar-refractivity contribution >= 4 is 34.1 Å². The smallest absolute Gasteiger partial charge is 0.262 e. The van der Waals surface area contributed by atoms with Gasteiger partial charge in [0, 0.05) is 30.1 Å². The van der Waals surface area contributed by atoms with Gasteiger partial charge in [-0.3, -0.25) is 9.59 Å². The molecule has 0 aliphatic heterocycles. The highest BCUT2D eigenvalue weighted by molar-refractivity contribution is 7.12. The van der Waals surface area contributed by atoms with Crippen LogP contribution in [-0.4, -0.2) is 29.4 Å². The minimum Gasteiger partial charge on any atom is -0.361 e. The summed E-state index contributed by atoms with van der Waals surface area (Å²) in [4.78, 5) is 29.0. The van der Waals surface area contributed by atoms with Crippen LogP contribution in [0, 0.1) is 5.92 Å². The first kappa shape index (κ1) is 18.2. The Balaban J connectivity index is 1.79. The van der Waals surface area contributed by atoms with Crippen LogP contribution in [0.2, 0.25) is 0 Å². The van der Waals surface area contributed by atoms with Crippen molar-refractivity contribution in [2.24, 2.45) is 5.92 Å². The molecule has 3 N–H and O–H groups in total. The van der Waals surface area contributed by atoms with E-state index in [1.165, 1.54) is 11.3 Å². The third kappa shape index (κ3) is 4.32. The molecule has 6 heteroatoms. The zero-order valence-electron chi connectivity index (χ0n) is 14.9. The van der Waals surface area contributed by atoms with E-state index in [-0.39, 0.29) is 11.8 Å². The number of H-pyrrole nitrogens is 1. The van der Waals surface area contributed by atoms with E-state index >= 15 is 0 Å². The van der Waals surface area contributed by atoms with Crippen LogP contribution in [0.4, 0.5) is 0 Å². The van der Waals surface area contributed by atoms with Crippen molar-refractivity contribution < 1.29 is 9.59 Å². The van der Waals surface area contributed by atoms with E-state index in [0.29, 0.717) is 23.8 Å². The number of rotatable bonds is 7. The highest BCUT2D eigenvalue weighted by atomic mass is 32.1. The number of hydrogen-bond donors (Lipinski definition) is 3. The quantitative estimate of drug-likeness (QED) is 0.597. The Kier molecular flexibility index (Phi) is 5.73. The van der Waals surface area contributed by atoms with Gasteiger partial charge in [0.15, 0.2) is 0 Å². The number of hydrogen-bond acceptors (Lipinski definition) is 3. The molecule has 0 spiro atoms. The minimum atomic E-state index is -0.623. The number of aromatic nitrogens is 1. The van der Waals surface area contributed by atoms with Crippen LogP contribution in [-0.2, 0) is 11.2 Å². The molecule has 3 aromatic rings. The average Bonchev–Trinajstić information content (AvgIpc) is 3.29. The number of thiophene rings is 1. The second-order valence-corrected chi connectivity index (χ2v) is 7.65. The van der Waals surface area contributed by atoms with Gasteiger partial charge in [-0.05, 0) is 29.0 Å². The van der Waals surface area contributed by atoms with Gasteiger partial charge in [-0.25, -0.2) is 0 Å². The van der Waals surface area contributed by atoms with Gasteiger partial charge in [0.25, 0.3) is 5.91 Å². The van der Waals surface area contributed by atoms with Crippen LogP contribution in [0.1, 0.15) is 29.1 Å². The Morgan fingerprint density at radius 3 is 2.69 bits per heavy atom. The third-order valence-corrected chi connectivity index (χ3v) is 5.02. The van der Waals surface area contributed by atoms with E-state index in [1.54, 1.807) is 6.07 Å². The predicted octanol–water partition coefficient (Wildman–Crippen LogP) is 3.34. The van der Waals surface area contributed by atoms with Crippen LogP contribution in [0.25, 0.3) is 10.9 Å². The molecule has 0 unspecified atom stereocenters. The summed E-state index contributed by atoms with van der Waals surface area (Å²) in [6, 6.07) is 10.9. The summed E-state index contributed by atoms with van der Waals surface area (Å²) in [5, 5.41) is 8.74. The Morgan fingerprint density at radius 1 is 1.15 bits per heavy atom. The Morgan fingerprint density at radius 2 is 1.96 bits per heavy atom. The van der Waals surface area contributed by atoms with Gasteiger partial charge < -0.3 is 15.6 Å². The van der Waals surface area contributed by atoms with Crippen LogP contribution in [0.5, 0.6) is 0 Å². The highest BCUT2D eigenvalue weighted by Gasteiger charge is 2.23. The summed E-state index contributed by atoms with van der Waals surface area (Å²) in [5.41, 5.74) is 2.03. The topological polar surface area (TPSA) is 74.0 Å². The van der Waals surface area contributed by atoms with Gasteiger partial charge in [-0.2, -0.15) is 0 Å². The molecule has 1 aromatic carbocycles. The lowest BCUT2D eigenvalue weighted by molar-refractivity contribution is -0.123. The summed E-state index contributed by atoms with van der Waals surface area (Å²) in [5.74, 6) is -0.0286. The fourth-order valence-corrected chi connectivity index (χ4v) is 3.42. The van der Waals surface area contributed by atoms with Gasteiger partial charge in [0.05, 0.1) is 4.88 Å². The standard InChI is InChI=1S/C20H23N3O2S/c1-13(2)11-22-19(24)17(23-20(25)18-8-5-9-26-18)10-14-12-21-16-7-4-3-6-15(14)16/h3-9,12-13,17,21H,10-11H2,1-2H3,(H,22,24)(H,23,25)/t17-/m1/s1. The van der Waals surface area contributed by atoms with Crippen molar-refractivity contribution in [1.29, 1.82) is 0 Å². The van der Waals surface area contributed by atoms with Gasteiger partial charge >= 0.3 is 0 Å². The summed E-state index contributed by atoms with van der Waals surface area (Å²) in [6.45, 7) is 4.66.